The lowest BCUT2D eigenvalue weighted by atomic mass is 10.1. The van der Waals surface area contributed by atoms with Crippen LogP contribution in [0.15, 0.2) is 12.8 Å². The van der Waals surface area contributed by atoms with Gasteiger partial charge in [-0.25, -0.2) is 0 Å². The Morgan fingerprint density at radius 2 is 2.10 bits per heavy atom. The third-order valence-electron chi connectivity index (χ3n) is 0.993. The van der Waals surface area contributed by atoms with Gasteiger partial charge in [0.15, 0.2) is 0 Å². The largest absolute Gasteiger partial charge is 0.500 e. The molecule has 0 saturated carbocycles. The molecule has 0 aliphatic rings. The van der Waals surface area contributed by atoms with E-state index in [4.69, 9.17) is 4.74 Å². The van der Waals surface area contributed by atoms with Crippen molar-refractivity contribution >= 4 is 0 Å². The topological polar surface area (TPSA) is 21.3 Å². The van der Waals surface area contributed by atoms with Crippen LogP contribution in [0.4, 0.5) is 0 Å². The van der Waals surface area contributed by atoms with Crippen LogP contribution in [0.1, 0.15) is 20.8 Å². The van der Waals surface area contributed by atoms with Crippen molar-refractivity contribution in [1.29, 1.82) is 0 Å². The smallest absolute Gasteiger partial charge is 0.0997 e. The van der Waals surface area contributed by atoms with Gasteiger partial charge in [0.25, 0.3) is 0 Å². The zero-order valence-corrected chi connectivity index (χ0v) is 7.11. The van der Waals surface area contributed by atoms with E-state index >= 15 is 0 Å². The fraction of sp³-hybridized carbons (Fsp3) is 0.750. The molecule has 0 aliphatic heterocycles. The minimum absolute atomic E-state index is 0.185. The van der Waals surface area contributed by atoms with E-state index in [1.54, 1.807) is 0 Å². The molecule has 0 fully saturated rings. The van der Waals surface area contributed by atoms with Crippen molar-refractivity contribution in [3.8, 4) is 0 Å². The number of ether oxygens (including phenoxy) is 1. The predicted octanol–water partition coefficient (Wildman–Crippen LogP) is 1.53. The van der Waals surface area contributed by atoms with Gasteiger partial charge in [-0.1, -0.05) is 6.58 Å². The summed E-state index contributed by atoms with van der Waals surface area (Å²) in [6.07, 6.45) is 1.46. The zero-order chi connectivity index (χ0) is 8.04. The lowest BCUT2D eigenvalue weighted by Crippen LogP contribution is -2.37. The molecule has 0 spiro atoms. The fourth-order valence-electron chi connectivity index (χ4n) is 0.568. The Kier molecular flexibility index (Phi) is 4.12. The maximum Gasteiger partial charge on any atom is 0.0997 e. The van der Waals surface area contributed by atoms with Gasteiger partial charge in [-0.3, -0.25) is 0 Å². The Hall–Kier alpha value is -0.500. The molecule has 0 aliphatic carbocycles. The van der Waals surface area contributed by atoms with Crippen LogP contribution in [0.3, 0.4) is 0 Å². The molecule has 0 unspecified atom stereocenters. The minimum atomic E-state index is 0.185. The van der Waals surface area contributed by atoms with Crippen LogP contribution in [0, 0.1) is 0 Å². The van der Waals surface area contributed by atoms with Gasteiger partial charge in [0.05, 0.1) is 12.9 Å². The van der Waals surface area contributed by atoms with Crippen molar-refractivity contribution < 1.29 is 4.74 Å². The molecule has 2 heteroatoms. The van der Waals surface area contributed by atoms with Gasteiger partial charge >= 0.3 is 0 Å². The second kappa shape index (κ2) is 4.34. The van der Waals surface area contributed by atoms with E-state index in [1.165, 1.54) is 6.26 Å². The quantitative estimate of drug-likeness (QED) is 0.476. The van der Waals surface area contributed by atoms with Gasteiger partial charge in [0, 0.05) is 12.1 Å². The third-order valence-corrected chi connectivity index (χ3v) is 0.993. The molecule has 0 aromatic heterocycles. The molecular weight excluding hydrogens is 126 g/mol. The highest BCUT2D eigenvalue weighted by Crippen LogP contribution is 1.96. The molecule has 2 nitrogen and oxygen atoms in total. The van der Waals surface area contributed by atoms with Crippen LogP contribution in [0.25, 0.3) is 0 Å². The van der Waals surface area contributed by atoms with Gasteiger partial charge in [0.1, 0.15) is 0 Å². The summed E-state index contributed by atoms with van der Waals surface area (Å²) in [5, 5.41) is 3.28. The average Bonchev–Trinajstić information content (AvgIpc) is 1.78. The van der Waals surface area contributed by atoms with E-state index in [0.717, 1.165) is 6.54 Å². The first-order chi connectivity index (χ1) is 4.56. The summed E-state index contributed by atoms with van der Waals surface area (Å²) in [6, 6.07) is 0. The van der Waals surface area contributed by atoms with Crippen molar-refractivity contribution in [2.45, 2.75) is 26.3 Å². The summed E-state index contributed by atoms with van der Waals surface area (Å²) in [4.78, 5) is 0. The molecule has 1 N–H and O–H groups in total. The van der Waals surface area contributed by atoms with E-state index in [0.29, 0.717) is 6.61 Å². The number of nitrogens with one attached hydrogen (secondary N) is 1. The monoisotopic (exact) mass is 143 g/mol. The maximum atomic E-state index is 4.93. The summed E-state index contributed by atoms with van der Waals surface area (Å²) < 4.78 is 4.93. The highest BCUT2D eigenvalue weighted by Gasteiger charge is 2.06. The molecule has 0 rings (SSSR count). The average molecular weight is 143 g/mol. The minimum Gasteiger partial charge on any atom is -0.500 e. The second-order valence-corrected chi connectivity index (χ2v) is 3.21. The third kappa shape index (κ3) is 7.50. The van der Waals surface area contributed by atoms with Crippen LogP contribution in [-0.4, -0.2) is 18.7 Å². The van der Waals surface area contributed by atoms with Crippen LogP contribution >= 0.6 is 0 Å². The first kappa shape index (κ1) is 9.50. The second-order valence-electron chi connectivity index (χ2n) is 3.21. The van der Waals surface area contributed by atoms with Crippen molar-refractivity contribution in [2.75, 3.05) is 13.2 Å². The van der Waals surface area contributed by atoms with E-state index < -0.39 is 0 Å². The molecule has 0 amide bonds. The molecule has 60 valence electrons. The SMILES string of the molecule is C=COCCNC(C)(C)C. The molecule has 0 saturated heterocycles. The number of hydrogen-bond donors (Lipinski definition) is 1. The predicted molar refractivity (Wildman–Crippen MR) is 43.9 cm³/mol. The summed E-state index contributed by atoms with van der Waals surface area (Å²) in [7, 11) is 0. The Morgan fingerprint density at radius 3 is 2.50 bits per heavy atom. The molecule has 0 atom stereocenters. The van der Waals surface area contributed by atoms with Gasteiger partial charge < -0.3 is 10.1 Å². The molecule has 0 radical (unpaired) electrons. The standard InChI is InChI=1S/C8H17NO/c1-5-10-7-6-9-8(2,3)4/h5,9H,1,6-7H2,2-4H3. The molecule has 0 aromatic rings. The van der Waals surface area contributed by atoms with Crippen LogP contribution < -0.4 is 5.32 Å². The van der Waals surface area contributed by atoms with E-state index in [2.05, 4.69) is 32.7 Å². The molecule has 0 bridgehead atoms. The summed E-state index contributed by atoms with van der Waals surface area (Å²) in [5.74, 6) is 0. The maximum absolute atomic E-state index is 4.93. The van der Waals surface area contributed by atoms with Crippen molar-refractivity contribution in [1.82, 2.24) is 5.32 Å². The molecular formula is C8H17NO. The number of rotatable bonds is 4. The van der Waals surface area contributed by atoms with E-state index in [1.807, 2.05) is 0 Å². The van der Waals surface area contributed by atoms with Crippen LogP contribution in [0.2, 0.25) is 0 Å². The summed E-state index contributed by atoms with van der Waals surface area (Å²) in [6.45, 7) is 11.4. The lowest BCUT2D eigenvalue weighted by molar-refractivity contribution is 0.236. The molecule has 0 heterocycles. The molecule has 0 aromatic carbocycles. The van der Waals surface area contributed by atoms with Gasteiger partial charge in [0.2, 0.25) is 0 Å². The zero-order valence-electron chi connectivity index (χ0n) is 7.11. The fourth-order valence-corrected chi connectivity index (χ4v) is 0.568. The summed E-state index contributed by atoms with van der Waals surface area (Å²) in [5.41, 5.74) is 0.185. The molecule has 10 heavy (non-hydrogen) atoms. The van der Waals surface area contributed by atoms with E-state index in [-0.39, 0.29) is 5.54 Å². The van der Waals surface area contributed by atoms with Crippen molar-refractivity contribution in [2.24, 2.45) is 0 Å². The highest BCUT2D eigenvalue weighted by molar-refractivity contribution is 4.69. The summed E-state index contributed by atoms with van der Waals surface area (Å²) >= 11 is 0. The van der Waals surface area contributed by atoms with Crippen molar-refractivity contribution in [3.63, 3.8) is 0 Å². The Morgan fingerprint density at radius 1 is 1.50 bits per heavy atom. The number of hydrogen-bond acceptors (Lipinski definition) is 2. The Balaban J connectivity index is 3.12. The van der Waals surface area contributed by atoms with Crippen LogP contribution in [-0.2, 0) is 4.74 Å². The first-order valence-corrected chi connectivity index (χ1v) is 3.54. The Labute approximate surface area is 63.3 Å². The van der Waals surface area contributed by atoms with Gasteiger partial charge in [-0.2, -0.15) is 0 Å². The normalized spacial score (nSPS) is 11.1. The van der Waals surface area contributed by atoms with Crippen LogP contribution in [0.5, 0.6) is 0 Å². The van der Waals surface area contributed by atoms with Gasteiger partial charge in [-0.15, -0.1) is 0 Å². The highest BCUT2D eigenvalue weighted by atomic mass is 16.5. The van der Waals surface area contributed by atoms with Crippen molar-refractivity contribution in [3.05, 3.63) is 12.8 Å². The van der Waals surface area contributed by atoms with Gasteiger partial charge in [-0.05, 0) is 20.8 Å². The Bertz CT molecular complexity index is 93.9. The first-order valence-electron chi connectivity index (χ1n) is 3.54. The van der Waals surface area contributed by atoms with E-state index in [9.17, 15) is 0 Å². The lowest BCUT2D eigenvalue weighted by Gasteiger charge is -2.19.